The number of aryl methyl sites for hydroxylation is 1. The quantitative estimate of drug-likeness (QED) is 0.719. The van der Waals surface area contributed by atoms with Crippen molar-refractivity contribution in [2.45, 2.75) is 66.5 Å². The predicted octanol–water partition coefficient (Wildman–Crippen LogP) is 5.25. The molecule has 0 heterocycles. The van der Waals surface area contributed by atoms with Crippen LogP contribution in [0.4, 0.5) is 4.39 Å². The number of hydrogen-bond donors (Lipinski definition) is 1. The molecular formula is C18H30FN. The van der Waals surface area contributed by atoms with Gasteiger partial charge in [-0.3, -0.25) is 0 Å². The molecule has 1 aromatic carbocycles. The maximum atomic E-state index is 13.7. The van der Waals surface area contributed by atoms with E-state index in [0.29, 0.717) is 23.4 Å². The third-order valence-electron chi connectivity index (χ3n) is 3.69. The third-order valence-corrected chi connectivity index (χ3v) is 3.69. The number of nitrogens with one attached hydrogen (secondary N) is 1. The smallest absolute Gasteiger partial charge is 0.126 e. The molecule has 2 heteroatoms. The van der Waals surface area contributed by atoms with E-state index in [2.05, 4.69) is 39.9 Å². The second-order valence-corrected chi connectivity index (χ2v) is 6.85. The topological polar surface area (TPSA) is 12.0 Å². The molecule has 0 aliphatic carbocycles. The zero-order valence-corrected chi connectivity index (χ0v) is 13.8. The van der Waals surface area contributed by atoms with Crippen molar-refractivity contribution in [2.75, 3.05) is 0 Å². The third kappa shape index (κ3) is 5.62. The Morgan fingerprint density at radius 2 is 1.55 bits per heavy atom. The summed E-state index contributed by atoms with van der Waals surface area (Å²) >= 11 is 0. The Bertz CT molecular complexity index is 402. The summed E-state index contributed by atoms with van der Waals surface area (Å²) in [6.07, 6.45) is 2.33. The van der Waals surface area contributed by atoms with Gasteiger partial charge >= 0.3 is 0 Å². The Hall–Kier alpha value is -0.890. The lowest BCUT2D eigenvalue weighted by Crippen LogP contribution is -2.34. The van der Waals surface area contributed by atoms with Gasteiger partial charge in [-0.25, -0.2) is 4.39 Å². The minimum Gasteiger partial charge on any atom is -0.307 e. The Morgan fingerprint density at radius 3 is 2.00 bits per heavy atom. The SMILES string of the molecule is Cc1ccc(C(C)NC(CC(C)C)CC(C)C)cc1F. The zero-order valence-electron chi connectivity index (χ0n) is 13.8. The molecule has 0 radical (unpaired) electrons. The van der Waals surface area contributed by atoms with Crippen LogP contribution in [-0.2, 0) is 0 Å². The van der Waals surface area contributed by atoms with Crippen LogP contribution >= 0.6 is 0 Å². The first-order chi connectivity index (χ1) is 9.29. The summed E-state index contributed by atoms with van der Waals surface area (Å²) in [7, 11) is 0. The van der Waals surface area contributed by atoms with E-state index < -0.39 is 0 Å². The van der Waals surface area contributed by atoms with Crippen molar-refractivity contribution in [3.8, 4) is 0 Å². The molecule has 1 atom stereocenters. The number of benzene rings is 1. The van der Waals surface area contributed by atoms with Crippen LogP contribution in [0.1, 0.15) is 64.6 Å². The van der Waals surface area contributed by atoms with Gasteiger partial charge in [0.2, 0.25) is 0 Å². The van der Waals surface area contributed by atoms with Crippen LogP contribution in [-0.4, -0.2) is 6.04 Å². The van der Waals surface area contributed by atoms with E-state index in [-0.39, 0.29) is 11.9 Å². The Kier molecular flexibility index (Phi) is 6.67. The van der Waals surface area contributed by atoms with E-state index in [4.69, 9.17) is 0 Å². The highest BCUT2D eigenvalue weighted by atomic mass is 19.1. The number of halogens is 1. The second kappa shape index (κ2) is 7.78. The van der Waals surface area contributed by atoms with Gasteiger partial charge in [-0.05, 0) is 55.7 Å². The van der Waals surface area contributed by atoms with Gasteiger partial charge in [0, 0.05) is 12.1 Å². The molecule has 0 saturated carbocycles. The van der Waals surface area contributed by atoms with Gasteiger partial charge in [0.25, 0.3) is 0 Å². The molecule has 0 amide bonds. The van der Waals surface area contributed by atoms with Crippen LogP contribution in [0.2, 0.25) is 0 Å². The lowest BCUT2D eigenvalue weighted by Gasteiger charge is -2.26. The summed E-state index contributed by atoms with van der Waals surface area (Å²) in [5.74, 6) is 1.24. The average molecular weight is 279 g/mol. The van der Waals surface area contributed by atoms with Gasteiger partial charge in [-0.2, -0.15) is 0 Å². The lowest BCUT2D eigenvalue weighted by atomic mass is 9.94. The zero-order chi connectivity index (χ0) is 15.3. The summed E-state index contributed by atoms with van der Waals surface area (Å²) in [6.45, 7) is 12.9. The van der Waals surface area contributed by atoms with Crippen molar-refractivity contribution in [1.29, 1.82) is 0 Å². The van der Waals surface area contributed by atoms with E-state index in [0.717, 1.165) is 18.4 Å². The van der Waals surface area contributed by atoms with Gasteiger partial charge in [0.15, 0.2) is 0 Å². The first-order valence-corrected chi connectivity index (χ1v) is 7.81. The fourth-order valence-electron chi connectivity index (χ4n) is 2.70. The van der Waals surface area contributed by atoms with Crippen molar-refractivity contribution in [3.63, 3.8) is 0 Å². The summed E-state index contributed by atoms with van der Waals surface area (Å²) in [5, 5.41) is 3.68. The molecule has 1 N–H and O–H groups in total. The molecule has 0 aromatic heterocycles. The molecule has 0 fully saturated rings. The minimum atomic E-state index is -0.111. The molecule has 0 bridgehead atoms. The first-order valence-electron chi connectivity index (χ1n) is 7.81. The van der Waals surface area contributed by atoms with E-state index in [1.807, 2.05) is 12.1 Å². The van der Waals surface area contributed by atoms with Gasteiger partial charge in [0.05, 0.1) is 0 Å². The summed E-state index contributed by atoms with van der Waals surface area (Å²) in [4.78, 5) is 0. The van der Waals surface area contributed by atoms with Gasteiger partial charge < -0.3 is 5.32 Å². The monoisotopic (exact) mass is 279 g/mol. The molecule has 0 saturated heterocycles. The minimum absolute atomic E-state index is 0.111. The Balaban J connectivity index is 2.73. The highest BCUT2D eigenvalue weighted by Crippen LogP contribution is 2.20. The molecule has 1 rings (SSSR count). The van der Waals surface area contributed by atoms with Gasteiger partial charge in [0.1, 0.15) is 5.82 Å². The lowest BCUT2D eigenvalue weighted by molar-refractivity contribution is 0.335. The largest absolute Gasteiger partial charge is 0.307 e. The van der Waals surface area contributed by atoms with E-state index >= 15 is 0 Å². The predicted molar refractivity (Wildman–Crippen MR) is 85.4 cm³/mol. The molecule has 0 aliphatic heterocycles. The van der Waals surface area contributed by atoms with Crippen LogP contribution in [0.5, 0.6) is 0 Å². The highest BCUT2D eigenvalue weighted by molar-refractivity contribution is 5.25. The molecule has 1 aromatic rings. The van der Waals surface area contributed by atoms with Crippen molar-refractivity contribution in [2.24, 2.45) is 11.8 Å². The maximum Gasteiger partial charge on any atom is 0.126 e. The van der Waals surface area contributed by atoms with Crippen LogP contribution in [0.25, 0.3) is 0 Å². The molecule has 20 heavy (non-hydrogen) atoms. The van der Waals surface area contributed by atoms with Crippen molar-refractivity contribution in [3.05, 3.63) is 35.1 Å². The Morgan fingerprint density at radius 1 is 1.00 bits per heavy atom. The fourth-order valence-corrected chi connectivity index (χ4v) is 2.70. The van der Waals surface area contributed by atoms with E-state index in [9.17, 15) is 4.39 Å². The first kappa shape index (κ1) is 17.2. The van der Waals surface area contributed by atoms with Gasteiger partial charge in [-0.15, -0.1) is 0 Å². The summed E-state index contributed by atoms with van der Waals surface area (Å²) in [5.41, 5.74) is 1.74. The molecule has 0 spiro atoms. The van der Waals surface area contributed by atoms with Crippen molar-refractivity contribution >= 4 is 0 Å². The normalized spacial score (nSPS) is 13.5. The van der Waals surface area contributed by atoms with Crippen LogP contribution < -0.4 is 5.32 Å². The van der Waals surface area contributed by atoms with Crippen LogP contribution in [0.3, 0.4) is 0 Å². The number of rotatable bonds is 7. The molecule has 1 nitrogen and oxygen atoms in total. The van der Waals surface area contributed by atoms with E-state index in [1.165, 1.54) is 0 Å². The molecule has 114 valence electrons. The standard InChI is InChI=1S/C18H30FN/c1-12(2)9-17(10-13(3)4)20-15(6)16-8-7-14(5)18(19)11-16/h7-8,11-13,15,17,20H,9-10H2,1-6H3. The van der Waals surface area contributed by atoms with Crippen molar-refractivity contribution < 1.29 is 4.39 Å². The van der Waals surface area contributed by atoms with E-state index in [1.54, 1.807) is 13.0 Å². The van der Waals surface area contributed by atoms with Crippen LogP contribution in [0, 0.1) is 24.6 Å². The summed E-state index contributed by atoms with van der Waals surface area (Å²) in [6, 6.07) is 6.23. The van der Waals surface area contributed by atoms with Crippen LogP contribution in [0.15, 0.2) is 18.2 Å². The molecule has 0 aliphatic rings. The van der Waals surface area contributed by atoms with Crippen molar-refractivity contribution in [1.82, 2.24) is 5.32 Å². The Labute approximate surface area is 124 Å². The molecule has 1 unspecified atom stereocenters. The summed E-state index contributed by atoms with van der Waals surface area (Å²) < 4.78 is 13.7. The average Bonchev–Trinajstić information content (AvgIpc) is 2.30. The second-order valence-electron chi connectivity index (χ2n) is 6.85. The fraction of sp³-hybridized carbons (Fsp3) is 0.667. The number of hydrogen-bond acceptors (Lipinski definition) is 1. The highest BCUT2D eigenvalue weighted by Gasteiger charge is 2.16. The van der Waals surface area contributed by atoms with Gasteiger partial charge in [-0.1, -0.05) is 39.8 Å². The molecular weight excluding hydrogens is 249 g/mol. The maximum absolute atomic E-state index is 13.7.